The third-order valence-corrected chi connectivity index (χ3v) is 2.83. The first kappa shape index (κ1) is 9.97. The van der Waals surface area contributed by atoms with Gasteiger partial charge in [-0.05, 0) is 30.7 Å². The van der Waals surface area contributed by atoms with Crippen molar-refractivity contribution < 1.29 is 0 Å². The molecule has 0 spiro atoms. The molecule has 0 fully saturated rings. The maximum absolute atomic E-state index is 4.47. The summed E-state index contributed by atoms with van der Waals surface area (Å²) in [6, 6.07) is 14.3. The first-order chi connectivity index (χ1) is 8.34. The minimum Gasteiger partial charge on any atom is -0.256 e. The van der Waals surface area contributed by atoms with Gasteiger partial charge in [-0.25, -0.2) is 0 Å². The predicted molar refractivity (Wildman–Crippen MR) is 69.7 cm³/mol. The smallest absolute Gasteiger partial charge is 0.0708 e. The normalized spacial score (nSPS) is 10.6. The molecule has 17 heavy (non-hydrogen) atoms. The number of aromatic nitrogens is 2. The molecular weight excluding hydrogens is 208 g/mol. The predicted octanol–water partition coefficient (Wildman–Crippen LogP) is 3.61. The summed E-state index contributed by atoms with van der Waals surface area (Å²) >= 11 is 0. The van der Waals surface area contributed by atoms with Crippen molar-refractivity contribution in [1.29, 1.82) is 0 Å². The molecule has 2 nitrogen and oxygen atoms in total. The average Bonchev–Trinajstić information content (AvgIpc) is 2.39. The van der Waals surface area contributed by atoms with Gasteiger partial charge in [0.15, 0.2) is 0 Å². The summed E-state index contributed by atoms with van der Waals surface area (Å²) in [7, 11) is 0. The van der Waals surface area contributed by atoms with Crippen LogP contribution in [0.5, 0.6) is 0 Å². The van der Waals surface area contributed by atoms with Gasteiger partial charge >= 0.3 is 0 Å². The highest BCUT2D eigenvalue weighted by molar-refractivity contribution is 5.93. The maximum atomic E-state index is 4.47. The Hall–Kier alpha value is -2.22. The Morgan fingerprint density at radius 2 is 1.82 bits per heavy atom. The highest BCUT2D eigenvalue weighted by atomic mass is 14.7. The summed E-state index contributed by atoms with van der Waals surface area (Å²) in [5.74, 6) is 0. The fourth-order valence-corrected chi connectivity index (χ4v) is 1.95. The van der Waals surface area contributed by atoms with E-state index in [0.717, 1.165) is 22.2 Å². The molecule has 0 saturated heterocycles. The minimum absolute atomic E-state index is 0.995. The van der Waals surface area contributed by atoms with E-state index in [0.29, 0.717) is 0 Å². The van der Waals surface area contributed by atoms with Gasteiger partial charge in [-0.3, -0.25) is 9.97 Å². The molecule has 0 bridgehead atoms. The number of aryl methyl sites for hydroxylation is 1. The number of nitrogens with zero attached hydrogens (tertiary/aromatic N) is 2. The van der Waals surface area contributed by atoms with Gasteiger partial charge in [0.05, 0.1) is 11.2 Å². The van der Waals surface area contributed by atoms with Crippen LogP contribution in [0.15, 0.2) is 54.9 Å². The van der Waals surface area contributed by atoms with Gasteiger partial charge in [0.1, 0.15) is 0 Å². The van der Waals surface area contributed by atoms with E-state index in [2.05, 4.69) is 34.2 Å². The molecule has 2 aromatic heterocycles. The van der Waals surface area contributed by atoms with Gasteiger partial charge in [-0.2, -0.15) is 0 Å². The number of hydrogen-bond donors (Lipinski definition) is 0. The van der Waals surface area contributed by atoms with Gasteiger partial charge in [0.25, 0.3) is 0 Å². The van der Waals surface area contributed by atoms with Gasteiger partial charge in [-0.1, -0.05) is 24.3 Å². The van der Waals surface area contributed by atoms with E-state index in [-0.39, 0.29) is 0 Å². The van der Waals surface area contributed by atoms with Crippen molar-refractivity contribution in [2.75, 3.05) is 0 Å². The first-order valence-electron chi connectivity index (χ1n) is 5.61. The molecule has 0 radical (unpaired) electrons. The fourth-order valence-electron chi connectivity index (χ4n) is 1.95. The zero-order chi connectivity index (χ0) is 11.7. The molecule has 0 aliphatic carbocycles. The van der Waals surface area contributed by atoms with E-state index in [9.17, 15) is 0 Å². The molecule has 0 atom stereocenters. The molecule has 3 aromatic rings. The van der Waals surface area contributed by atoms with Crippen molar-refractivity contribution in [3.8, 4) is 11.3 Å². The van der Waals surface area contributed by atoms with Gasteiger partial charge in [0, 0.05) is 23.3 Å². The lowest BCUT2D eigenvalue weighted by Crippen LogP contribution is -1.86. The van der Waals surface area contributed by atoms with E-state index in [1.165, 1.54) is 5.56 Å². The Balaban J connectivity index is 2.27. The number of hydrogen-bond acceptors (Lipinski definition) is 2. The molecule has 0 saturated carbocycles. The van der Waals surface area contributed by atoms with Crippen molar-refractivity contribution >= 4 is 10.9 Å². The van der Waals surface area contributed by atoms with Crippen LogP contribution in [0.3, 0.4) is 0 Å². The molecule has 0 amide bonds. The van der Waals surface area contributed by atoms with E-state index >= 15 is 0 Å². The Labute approximate surface area is 100.0 Å². The standard InChI is InChI=1S/C15H12N2/c1-11-7-8-15(17-10-11)12-4-2-6-14-13(12)5-3-9-16-14/h2-10H,1H3. The monoisotopic (exact) mass is 220 g/mol. The van der Waals surface area contributed by atoms with Crippen molar-refractivity contribution in [1.82, 2.24) is 9.97 Å². The third-order valence-electron chi connectivity index (χ3n) is 2.83. The molecule has 1 aromatic carbocycles. The van der Waals surface area contributed by atoms with E-state index in [4.69, 9.17) is 0 Å². The number of rotatable bonds is 1. The van der Waals surface area contributed by atoms with Gasteiger partial charge in [0.2, 0.25) is 0 Å². The average molecular weight is 220 g/mol. The number of fused-ring (bicyclic) bond motifs is 1. The molecule has 0 aliphatic rings. The van der Waals surface area contributed by atoms with Crippen LogP contribution < -0.4 is 0 Å². The molecule has 2 heteroatoms. The summed E-state index contributed by atoms with van der Waals surface area (Å²) in [5, 5.41) is 1.14. The van der Waals surface area contributed by atoms with Crippen LogP contribution in [0.25, 0.3) is 22.2 Å². The molecule has 0 unspecified atom stereocenters. The van der Waals surface area contributed by atoms with E-state index in [1.807, 2.05) is 37.5 Å². The summed E-state index contributed by atoms with van der Waals surface area (Å²) in [5.41, 5.74) is 4.31. The van der Waals surface area contributed by atoms with Crippen molar-refractivity contribution in [3.05, 3.63) is 60.4 Å². The second kappa shape index (κ2) is 3.98. The lowest BCUT2D eigenvalue weighted by molar-refractivity contribution is 1.27. The van der Waals surface area contributed by atoms with E-state index in [1.54, 1.807) is 0 Å². The Morgan fingerprint density at radius 1 is 0.882 bits per heavy atom. The Bertz CT molecular complexity index is 652. The number of benzene rings is 1. The molecule has 3 rings (SSSR count). The second-order valence-electron chi connectivity index (χ2n) is 4.10. The summed E-state index contributed by atoms with van der Waals surface area (Å²) in [4.78, 5) is 8.83. The van der Waals surface area contributed by atoms with E-state index < -0.39 is 0 Å². The van der Waals surface area contributed by atoms with Crippen LogP contribution in [0, 0.1) is 6.92 Å². The quantitative estimate of drug-likeness (QED) is 0.626. The maximum Gasteiger partial charge on any atom is 0.0708 e. The van der Waals surface area contributed by atoms with Crippen LogP contribution in [0.1, 0.15) is 5.56 Å². The SMILES string of the molecule is Cc1ccc(-c2cccc3ncccc23)nc1. The fraction of sp³-hybridized carbons (Fsp3) is 0.0667. The molecule has 0 aliphatic heterocycles. The van der Waals surface area contributed by atoms with Crippen molar-refractivity contribution in [2.24, 2.45) is 0 Å². The van der Waals surface area contributed by atoms with Crippen LogP contribution in [-0.4, -0.2) is 9.97 Å². The van der Waals surface area contributed by atoms with Crippen molar-refractivity contribution in [3.63, 3.8) is 0 Å². The Kier molecular flexibility index (Phi) is 2.33. The lowest BCUT2D eigenvalue weighted by Gasteiger charge is -2.05. The largest absolute Gasteiger partial charge is 0.256 e. The summed E-state index contributed by atoms with van der Waals surface area (Å²) in [6.45, 7) is 2.04. The third kappa shape index (κ3) is 1.78. The second-order valence-corrected chi connectivity index (χ2v) is 4.10. The van der Waals surface area contributed by atoms with Crippen LogP contribution >= 0.6 is 0 Å². The topological polar surface area (TPSA) is 25.8 Å². The number of pyridine rings is 2. The van der Waals surface area contributed by atoms with Crippen LogP contribution in [-0.2, 0) is 0 Å². The van der Waals surface area contributed by atoms with Crippen LogP contribution in [0.4, 0.5) is 0 Å². The summed E-state index contributed by atoms with van der Waals surface area (Å²) < 4.78 is 0. The first-order valence-corrected chi connectivity index (χ1v) is 5.61. The molecule has 82 valence electrons. The zero-order valence-corrected chi connectivity index (χ0v) is 9.59. The molecule has 0 N–H and O–H groups in total. The van der Waals surface area contributed by atoms with Crippen molar-refractivity contribution in [2.45, 2.75) is 6.92 Å². The van der Waals surface area contributed by atoms with Gasteiger partial charge < -0.3 is 0 Å². The zero-order valence-electron chi connectivity index (χ0n) is 9.59. The molecular formula is C15H12N2. The Morgan fingerprint density at radius 3 is 2.65 bits per heavy atom. The molecule has 2 heterocycles. The minimum atomic E-state index is 0.995. The highest BCUT2D eigenvalue weighted by Gasteiger charge is 2.04. The lowest BCUT2D eigenvalue weighted by atomic mass is 10.0. The van der Waals surface area contributed by atoms with Gasteiger partial charge in [-0.15, -0.1) is 0 Å². The highest BCUT2D eigenvalue weighted by Crippen LogP contribution is 2.25. The summed E-state index contributed by atoms with van der Waals surface area (Å²) in [6.07, 6.45) is 3.71. The van der Waals surface area contributed by atoms with Crippen LogP contribution in [0.2, 0.25) is 0 Å².